The van der Waals surface area contributed by atoms with Crippen molar-refractivity contribution in [2.75, 3.05) is 13.6 Å². The SMILES string of the molecule is CN(CC1CCCC1)S(=O)(=O)c1cc(Br)cc(CCl)c1F. The molecular formula is C14H18BrClFNO2S. The minimum absolute atomic E-state index is 0.0693. The molecule has 0 aliphatic heterocycles. The Kier molecular flexibility index (Phi) is 5.68. The van der Waals surface area contributed by atoms with Crippen molar-refractivity contribution in [2.24, 2.45) is 5.92 Å². The quantitative estimate of drug-likeness (QED) is 0.699. The van der Waals surface area contributed by atoms with Gasteiger partial charge in [0.05, 0.1) is 5.88 Å². The Bertz CT molecular complexity index is 618. The summed E-state index contributed by atoms with van der Waals surface area (Å²) in [5.74, 6) is -0.459. The fraction of sp³-hybridized carbons (Fsp3) is 0.571. The highest BCUT2D eigenvalue weighted by atomic mass is 79.9. The first kappa shape index (κ1) is 17.2. The highest BCUT2D eigenvalue weighted by Gasteiger charge is 2.29. The van der Waals surface area contributed by atoms with Crippen LogP contribution in [0.4, 0.5) is 4.39 Å². The smallest absolute Gasteiger partial charge is 0.207 e. The first-order chi connectivity index (χ1) is 9.86. The highest BCUT2D eigenvalue weighted by molar-refractivity contribution is 9.10. The third-order valence-electron chi connectivity index (χ3n) is 3.90. The lowest BCUT2D eigenvalue weighted by Gasteiger charge is -2.21. The van der Waals surface area contributed by atoms with Crippen LogP contribution in [0.2, 0.25) is 0 Å². The van der Waals surface area contributed by atoms with Gasteiger partial charge in [-0.2, -0.15) is 0 Å². The van der Waals surface area contributed by atoms with Crippen LogP contribution in [0.15, 0.2) is 21.5 Å². The van der Waals surface area contributed by atoms with Gasteiger partial charge in [0.25, 0.3) is 0 Å². The monoisotopic (exact) mass is 397 g/mol. The molecule has 0 N–H and O–H groups in total. The summed E-state index contributed by atoms with van der Waals surface area (Å²) in [6, 6.07) is 2.80. The molecule has 0 heterocycles. The van der Waals surface area contributed by atoms with Crippen LogP contribution in [-0.2, 0) is 15.9 Å². The summed E-state index contributed by atoms with van der Waals surface area (Å²) in [6.07, 6.45) is 4.35. The van der Waals surface area contributed by atoms with E-state index in [4.69, 9.17) is 11.6 Å². The molecule has 118 valence electrons. The van der Waals surface area contributed by atoms with Crippen LogP contribution in [0.5, 0.6) is 0 Å². The molecule has 3 nitrogen and oxygen atoms in total. The van der Waals surface area contributed by atoms with E-state index in [-0.39, 0.29) is 16.3 Å². The summed E-state index contributed by atoms with van der Waals surface area (Å²) >= 11 is 8.88. The Balaban J connectivity index is 2.32. The van der Waals surface area contributed by atoms with E-state index in [1.54, 1.807) is 0 Å². The highest BCUT2D eigenvalue weighted by Crippen LogP contribution is 2.30. The van der Waals surface area contributed by atoms with Gasteiger partial charge in [0, 0.05) is 23.6 Å². The zero-order chi connectivity index (χ0) is 15.6. The first-order valence-electron chi connectivity index (χ1n) is 6.86. The van der Waals surface area contributed by atoms with E-state index < -0.39 is 15.8 Å². The van der Waals surface area contributed by atoms with Gasteiger partial charge in [0.2, 0.25) is 10.0 Å². The maximum Gasteiger partial charge on any atom is 0.245 e. The zero-order valence-electron chi connectivity index (χ0n) is 11.8. The number of hydrogen-bond donors (Lipinski definition) is 0. The minimum atomic E-state index is -3.84. The van der Waals surface area contributed by atoms with E-state index in [1.807, 2.05) is 0 Å². The molecule has 1 fully saturated rings. The Morgan fingerprint density at radius 1 is 1.38 bits per heavy atom. The number of hydrogen-bond acceptors (Lipinski definition) is 2. The van der Waals surface area contributed by atoms with Gasteiger partial charge in [0.15, 0.2) is 0 Å². The molecule has 1 aromatic rings. The number of rotatable bonds is 5. The number of nitrogens with zero attached hydrogens (tertiary/aromatic N) is 1. The van der Waals surface area contributed by atoms with E-state index in [2.05, 4.69) is 15.9 Å². The molecule has 0 amide bonds. The Labute approximate surface area is 138 Å². The van der Waals surface area contributed by atoms with Gasteiger partial charge in [-0.05, 0) is 30.9 Å². The average Bonchev–Trinajstić information content (AvgIpc) is 2.93. The molecule has 0 unspecified atom stereocenters. The molecule has 1 saturated carbocycles. The predicted octanol–water partition coefficient (Wildman–Crippen LogP) is 4.14. The summed E-state index contributed by atoms with van der Waals surface area (Å²) in [5.41, 5.74) is 0.180. The maximum atomic E-state index is 14.3. The summed E-state index contributed by atoms with van der Waals surface area (Å²) in [7, 11) is -2.33. The lowest BCUT2D eigenvalue weighted by Crippen LogP contribution is -2.32. The predicted molar refractivity (Wildman–Crippen MR) is 85.4 cm³/mol. The minimum Gasteiger partial charge on any atom is -0.207 e. The van der Waals surface area contributed by atoms with Crippen molar-refractivity contribution in [3.63, 3.8) is 0 Å². The average molecular weight is 399 g/mol. The first-order valence-corrected chi connectivity index (χ1v) is 9.63. The maximum absolute atomic E-state index is 14.3. The van der Waals surface area contributed by atoms with Crippen molar-refractivity contribution in [1.29, 1.82) is 0 Å². The van der Waals surface area contributed by atoms with Crippen molar-refractivity contribution in [2.45, 2.75) is 36.5 Å². The normalized spacial score (nSPS) is 16.8. The second-order valence-electron chi connectivity index (χ2n) is 5.45. The summed E-state index contributed by atoms with van der Waals surface area (Å²) in [4.78, 5) is -0.312. The van der Waals surface area contributed by atoms with Gasteiger partial charge in [-0.15, -0.1) is 11.6 Å². The van der Waals surface area contributed by atoms with Crippen molar-refractivity contribution in [3.05, 3.63) is 28.0 Å². The van der Waals surface area contributed by atoms with Crippen molar-refractivity contribution in [1.82, 2.24) is 4.31 Å². The van der Waals surface area contributed by atoms with Crippen LogP contribution in [0.25, 0.3) is 0 Å². The molecule has 2 rings (SSSR count). The zero-order valence-corrected chi connectivity index (χ0v) is 14.9. The van der Waals surface area contributed by atoms with Gasteiger partial charge in [-0.25, -0.2) is 17.1 Å². The third kappa shape index (κ3) is 3.78. The molecule has 1 aliphatic carbocycles. The van der Waals surface area contributed by atoms with E-state index in [0.29, 0.717) is 16.9 Å². The Hall–Kier alpha value is -0.170. The van der Waals surface area contributed by atoms with Crippen molar-refractivity contribution < 1.29 is 12.8 Å². The van der Waals surface area contributed by atoms with E-state index in [0.717, 1.165) is 25.7 Å². The van der Waals surface area contributed by atoms with Crippen molar-refractivity contribution >= 4 is 37.6 Å². The summed E-state index contributed by atoms with van der Waals surface area (Å²) in [6.45, 7) is 0.435. The lowest BCUT2D eigenvalue weighted by atomic mass is 10.1. The van der Waals surface area contributed by atoms with Gasteiger partial charge >= 0.3 is 0 Å². The molecule has 7 heteroatoms. The number of sulfonamides is 1. The summed E-state index contributed by atoms with van der Waals surface area (Å²) < 4.78 is 41.2. The van der Waals surface area contributed by atoms with Crippen LogP contribution in [0, 0.1) is 11.7 Å². The van der Waals surface area contributed by atoms with E-state index >= 15 is 0 Å². The van der Waals surface area contributed by atoms with Crippen LogP contribution in [0.1, 0.15) is 31.2 Å². The fourth-order valence-electron chi connectivity index (χ4n) is 2.73. The van der Waals surface area contributed by atoms with Gasteiger partial charge in [0.1, 0.15) is 10.7 Å². The standard InChI is InChI=1S/C14H18BrClFNO2S/c1-18(9-10-4-2-3-5-10)21(19,20)13-7-12(15)6-11(8-16)14(13)17/h6-7,10H,2-5,8-9H2,1H3. The Morgan fingerprint density at radius 2 is 2.00 bits per heavy atom. The van der Waals surface area contributed by atoms with E-state index in [1.165, 1.54) is 23.5 Å². The van der Waals surface area contributed by atoms with Crippen LogP contribution in [0.3, 0.4) is 0 Å². The second kappa shape index (κ2) is 6.94. The molecule has 1 aromatic carbocycles. The molecule has 0 bridgehead atoms. The fourth-order valence-corrected chi connectivity index (χ4v) is 4.95. The topological polar surface area (TPSA) is 37.4 Å². The van der Waals surface area contributed by atoms with Crippen LogP contribution < -0.4 is 0 Å². The molecule has 21 heavy (non-hydrogen) atoms. The largest absolute Gasteiger partial charge is 0.245 e. The Morgan fingerprint density at radius 3 is 2.57 bits per heavy atom. The van der Waals surface area contributed by atoms with E-state index in [9.17, 15) is 12.8 Å². The van der Waals surface area contributed by atoms with Gasteiger partial charge < -0.3 is 0 Å². The molecule has 0 spiro atoms. The van der Waals surface area contributed by atoms with Crippen LogP contribution >= 0.6 is 27.5 Å². The molecule has 0 aromatic heterocycles. The number of halogens is 3. The number of benzene rings is 1. The van der Waals surface area contributed by atoms with Gasteiger partial charge in [-0.3, -0.25) is 0 Å². The van der Waals surface area contributed by atoms with Crippen LogP contribution in [-0.4, -0.2) is 26.3 Å². The second-order valence-corrected chi connectivity index (χ2v) is 8.64. The molecule has 1 aliphatic rings. The third-order valence-corrected chi connectivity index (χ3v) is 6.47. The lowest BCUT2D eigenvalue weighted by molar-refractivity contribution is 0.385. The van der Waals surface area contributed by atoms with Crippen molar-refractivity contribution in [3.8, 4) is 0 Å². The molecular weight excluding hydrogens is 381 g/mol. The van der Waals surface area contributed by atoms with Gasteiger partial charge in [-0.1, -0.05) is 28.8 Å². The molecule has 0 radical (unpaired) electrons. The molecule has 0 saturated heterocycles. The molecule has 0 atom stereocenters. The number of alkyl halides is 1. The summed E-state index contributed by atoms with van der Waals surface area (Å²) in [5, 5.41) is 0.